The van der Waals surface area contributed by atoms with Gasteiger partial charge in [0.1, 0.15) is 6.04 Å². The SMILES string of the molecule is Cl.O=C1CCC(N2C(=O)c3cccc(C4CCNCC4)c3C2=O)C(=O)N1. The van der Waals surface area contributed by atoms with Crippen LogP contribution in [0, 0.1) is 0 Å². The predicted molar refractivity (Wildman–Crippen MR) is 95.2 cm³/mol. The monoisotopic (exact) mass is 377 g/mol. The number of carbonyl (C=O) groups is 4. The second kappa shape index (κ2) is 7.17. The van der Waals surface area contributed by atoms with Gasteiger partial charge < -0.3 is 5.32 Å². The van der Waals surface area contributed by atoms with Crippen LogP contribution in [-0.4, -0.2) is 47.7 Å². The van der Waals surface area contributed by atoms with Crippen molar-refractivity contribution in [1.82, 2.24) is 15.5 Å². The van der Waals surface area contributed by atoms with Crippen molar-refractivity contribution in [3.05, 3.63) is 34.9 Å². The van der Waals surface area contributed by atoms with Crippen LogP contribution in [0.5, 0.6) is 0 Å². The maximum Gasteiger partial charge on any atom is 0.262 e. The molecule has 8 heteroatoms. The molecular weight excluding hydrogens is 358 g/mol. The van der Waals surface area contributed by atoms with Gasteiger partial charge in [-0.1, -0.05) is 12.1 Å². The van der Waals surface area contributed by atoms with E-state index >= 15 is 0 Å². The number of benzene rings is 1. The van der Waals surface area contributed by atoms with E-state index in [4.69, 9.17) is 0 Å². The Balaban J connectivity index is 0.00000196. The molecule has 0 radical (unpaired) electrons. The second-order valence-electron chi connectivity index (χ2n) is 6.74. The van der Waals surface area contributed by atoms with Gasteiger partial charge in [-0.25, -0.2) is 0 Å². The van der Waals surface area contributed by atoms with Crippen molar-refractivity contribution < 1.29 is 19.2 Å². The van der Waals surface area contributed by atoms with Crippen molar-refractivity contribution in [3.63, 3.8) is 0 Å². The number of imide groups is 2. The first kappa shape index (κ1) is 18.5. The van der Waals surface area contributed by atoms with Gasteiger partial charge in [-0.2, -0.15) is 0 Å². The van der Waals surface area contributed by atoms with Crippen molar-refractivity contribution in [1.29, 1.82) is 0 Å². The second-order valence-corrected chi connectivity index (χ2v) is 6.74. The molecule has 0 spiro atoms. The third kappa shape index (κ3) is 2.91. The van der Waals surface area contributed by atoms with Crippen molar-refractivity contribution in [3.8, 4) is 0 Å². The number of carbonyl (C=O) groups excluding carboxylic acids is 4. The molecule has 4 rings (SSSR count). The van der Waals surface area contributed by atoms with Crippen LogP contribution in [0.2, 0.25) is 0 Å². The van der Waals surface area contributed by atoms with Crippen LogP contribution >= 0.6 is 12.4 Å². The van der Waals surface area contributed by atoms with Crippen molar-refractivity contribution in [2.24, 2.45) is 0 Å². The molecule has 1 aromatic rings. The van der Waals surface area contributed by atoms with Crippen molar-refractivity contribution in [2.75, 3.05) is 13.1 Å². The van der Waals surface area contributed by atoms with Gasteiger partial charge in [0.2, 0.25) is 11.8 Å². The van der Waals surface area contributed by atoms with E-state index in [2.05, 4.69) is 10.6 Å². The number of rotatable bonds is 2. The largest absolute Gasteiger partial charge is 0.317 e. The third-order valence-corrected chi connectivity index (χ3v) is 5.28. The van der Waals surface area contributed by atoms with Crippen LogP contribution in [0.1, 0.15) is 57.9 Å². The van der Waals surface area contributed by atoms with Gasteiger partial charge in [-0.05, 0) is 49.9 Å². The molecule has 0 aliphatic carbocycles. The molecule has 3 aliphatic heterocycles. The molecule has 0 aromatic heterocycles. The average Bonchev–Trinajstić information content (AvgIpc) is 2.87. The summed E-state index contributed by atoms with van der Waals surface area (Å²) < 4.78 is 0. The number of hydrogen-bond donors (Lipinski definition) is 2. The fourth-order valence-electron chi connectivity index (χ4n) is 4.01. The quantitative estimate of drug-likeness (QED) is 0.749. The number of amides is 4. The van der Waals surface area contributed by atoms with Crippen LogP contribution < -0.4 is 10.6 Å². The van der Waals surface area contributed by atoms with Crippen molar-refractivity contribution in [2.45, 2.75) is 37.6 Å². The lowest BCUT2D eigenvalue weighted by molar-refractivity contribution is -0.136. The summed E-state index contributed by atoms with van der Waals surface area (Å²) in [7, 11) is 0. The van der Waals surface area contributed by atoms with Crippen LogP contribution in [0.15, 0.2) is 18.2 Å². The zero-order chi connectivity index (χ0) is 17.6. The van der Waals surface area contributed by atoms with E-state index in [1.165, 1.54) is 0 Å². The highest BCUT2D eigenvalue weighted by molar-refractivity contribution is 6.24. The standard InChI is InChI=1S/C18H19N3O4.ClH/c22-14-5-4-13(16(23)20-14)21-17(24)12-3-1-2-11(15(12)18(21)25)10-6-8-19-9-7-10;/h1-3,10,13,19H,4-9H2,(H,20,22,23);1H. The molecule has 4 amide bonds. The molecule has 1 aromatic carbocycles. The summed E-state index contributed by atoms with van der Waals surface area (Å²) in [6.07, 6.45) is 2.14. The Morgan fingerprint density at radius 1 is 0.962 bits per heavy atom. The summed E-state index contributed by atoms with van der Waals surface area (Å²) in [6.45, 7) is 1.76. The Bertz CT molecular complexity index is 789. The summed E-state index contributed by atoms with van der Waals surface area (Å²) in [6, 6.07) is 4.45. The van der Waals surface area contributed by atoms with Gasteiger partial charge in [0.25, 0.3) is 11.8 Å². The molecule has 138 valence electrons. The Kier molecular flexibility index (Phi) is 5.11. The maximum absolute atomic E-state index is 13.0. The van der Waals surface area contributed by atoms with E-state index < -0.39 is 23.8 Å². The number of piperidine rings is 2. The van der Waals surface area contributed by atoms with Crippen LogP contribution in [0.4, 0.5) is 0 Å². The molecule has 2 fully saturated rings. The molecule has 0 saturated carbocycles. The van der Waals surface area contributed by atoms with Crippen LogP contribution in [0.3, 0.4) is 0 Å². The highest BCUT2D eigenvalue weighted by Crippen LogP contribution is 2.35. The van der Waals surface area contributed by atoms with Gasteiger partial charge in [-0.3, -0.25) is 29.4 Å². The summed E-state index contributed by atoms with van der Waals surface area (Å²) in [5, 5.41) is 5.52. The number of fused-ring (bicyclic) bond motifs is 1. The average molecular weight is 378 g/mol. The molecular formula is C18H20ClN3O4. The summed E-state index contributed by atoms with van der Waals surface area (Å²) in [4.78, 5) is 50.3. The van der Waals surface area contributed by atoms with E-state index in [1.54, 1.807) is 12.1 Å². The lowest BCUT2D eigenvalue weighted by Gasteiger charge is -2.28. The lowest BCUT2D eigenvalue weighted by Crippen LogP contribution is -2.54. The van der Waals surface area contributed by atoms with E-state index in [0.29, 0.717) is 11.1 Å². The number of halogens is 1. The van der Waals surface area contributed by atoms with Gasteiger partial charge in [0.15, 0.2) is 0 Å². The minimum Gasteiger partial charge on any atom is -0.317 e. The molecule has 2 saturated heterocycles. The number of nitrogens with zero attached hydrogens (tertiary/aromatic N) is 1. The summed E-state index contributed by atoms with van der Waals surface area (Å²) in [5.74, 6) is -1.56. The van der Waals surface area contributed by atoms with E-state index in [-0.39, 0.29) is 37.1 Å². The van der Waals surface area contributed by atoms with E-state index in [1.807, 2.05) is 6.07 Å². The lowest BCUT2D eigenvalue weighted by atomic mass is 9.86. The highest BCUT2D eigenvalue weighted by Gasteiger charge is 2.46. The minimum absolute atomic E-state index is 0. The third-order valence-electron chi connectivity index (χ3n) is 5.28. The molecule has 3 aliphatic rings. The Morgan fingerprint density at radius 2 is 1.69 bits per heavy atom. The number of nitrogens with one attached hydrogen (secondary N) is 2. The maximum atomic E-state index is 13.0. The number of hydrogen-bond acceptors (Lipinski definition) is 5. The van der Waals surface area contributed by atoms with Crippen molar-refractivity contribution >= 4 is 36.0 Å². The van der Waals surface area contributed by atoms with Crippen LogP contribution in [-0.2, 0) is 9.59 Å². The highest BCUT2D eigenvalue weighted by atomic mass is 35.5. The van der Waals surface area contributed by atoms with Gasteiger partial charge in [-0.15, -0.1) is 12.4 Å². The first-order valence-electron chi connectivity index (χ1n) is 8.63. The van der Waals surface area contributed by atoms with Gasteiger partial charge in [0, 0.05) is 6.42 Å². The van der Waals surface area contributed by atoms with E-state index in [9.17, 15) is 19.2 Å². The van der Waals surface area contributed by atoms with Crippen LogP contribution in [0.25, 0.3) is 0 Å². The summed E-state index contributed by atoms with van der Waals surface area (Å²) in [5.41, 5.74) is 1.70. The zero-order valence-corrected chi connectivity index (χ0v) is 14.9. The molecule has 2 N–H and O–H groups in total. The molecule has 1 atom stereocenters. The molecule has 3 heterocycles. The first-order valence-corrected chi connectivity index (χ1v) is 8.63. The smallest absolute Gasteiger partial charge is 0.262 e. The Morgan fingerprint density at radius 3 is 2.38 bits per heavy atom. The zero-order valence-electron chi connectivity index (χ0n) is 14.1. The molecule has 26 heavy (non-hydrogen) atoms. The first-order chi connectivity index (χ1) is 12.1. The van der Waals surface area contributed by atoms with Gasteiger partial charge in [0.05, 0.1) is 11.1 Å². The summed E-state index contributed by atoms with van der Waals surface area (Å²) >= 11 is 0. The molecule has 1 unspecified atom stereocenters. The normalized spacial score (nSPS) is 23.5. The van der Waals surface area contributed by atoms with E-state index in [0.717, 1.165) is 36.4 Å². The Labute approximate surface area is 156 Å². The topological polar surface area (TPSA) is 95.6 Å². The fraction of sp³-hybridized carbons (Fsp3) is 0.444. The van der Waals surface area contributed by atoms with Gasteiger partial charge >= 0.3 is 0 Å². The minimum atomic E-state index is -0.911. The molecule has 7 nitrogen and oxygen atoms in total. The Hall–Kier alpha value is -2.25. The molecule has 0 bridgehead atoms. The predicted octanol–water partition coefficient (Wildman–Crippen LogP) is 0.977. The fourth-order valence-corrected chi connectivity index (χ4v) is 4.01.